The molecule has 4 aromatic rings. The summed E-state index contributed by atoms with van der Waals surface area (Å²) in [5.41, 5.74) is 2.65. The van der Waals surface area contributed by atoms with Gasteiger partial charge in [-0.15, -0.1) is 0 Å². The van der Waals surface area contributed by atoms with Crippen LogP contribution in [0.5, 0.6) is 0 Å². The second-order valence-corrected chi connectivity index (χ2v) is 13.1. The smallest absolute Gasteiger partial charge is 0.246 e. The number of nitrogens with zero attached hydrogens (tertiary/aromatic N) is 6. The third-order valence-electron chi connectivity index (χ3n) is 8.58. The van der Waals surface area contributed by atoms with Crippen molar-refractivity contribution in [2.24, 2.45) is 0 Å². The van der Waals surface area contributed by atoms with E-state index in [1.165, 1.54) is 22.6 Å². The molecule has 0 bridgehead atoms. The number of fused-ring (bicyclic) bond motifs is 1. The maximum absolute atomic E-state index is 14.3. The largest absolute Gasteiger partial charge is 0.342 e. The summed E-state index contributed by atoms with van der Waals surface area (Å²) in [6.45, 7) is 6.61. The molecule has 216 valence electrons. The highest BCUT2D eigenvalue weighted by molar-refractivity contribution is 7.89. The number of aryl methyl sites for hydroxylation is 2. The Labute approximate surface area is 239 Å². The molecule has 0 unspecified atom stereocenters. The van der Waals surface area contributed by atoms with Gasteiger partial charge in [0.2, 0.25) is 15.9 Å². The second-order valence-electron chi connectivity index (χ2n) is 11.2. The average Bonchev–Trinajstić information content (AvgIpc) is 3.75. The van der Waals surface area contributed by atoms with Gasteiger partial charge in [-0.3, -0.25) is 9.48 Å². The summed E-state index contributed by atoms with van der Waals surface area (Å²) in [5.74, 6) is -0.231. The Hall–Kier alpha value is -3.57. The molecular formula is C30H35FN6O3S. The highest BCUT2D eigenvalue weighted by Gasteiger charge is 2.48. The Morgan fingerprint density at radius 2 is 1.71 bits per heavy atom. The zero-order chi connectivity index (χ0) is 28.8. The fraction of sp³-hybridized carbons (Fsp3) is 0.433. The van der Waals surface area contributed by atoms with Crippen LogP contribution in [0.25, 0.3) is 16.6 Å². The van der Waals surface area contributed by atoms with Crippen LogP contribution in [-0.4, -0.2) is 69.3 Å². The first-order chi connectivity index (χ1) is 19.7. The lowest BCUT2D eigenvalue weighted by Gasteiger charge is -2.43. The van der Waals surface area contributed by atoms with E-state index in [9.17, 15) is 17.6 Å². The third kappa shape index (κ3) is 4.84. The van der Waals surface area contributed by atoms with Crippen LogP contribution < -0.4 is 0 Å². The van der Waals surface area contributed by atoms with Gasteiger partial charge in [0.1, 0.15) is 10.7 Å². The number of aromatic nitrogens is 4. The molecule has 4 heterocycles. The molecule has 6 rings (SSSR count). The van der Waals surface area contributed by atoms with Crippen LogP contribution >= 0.6 is 0 Å². The summed E-state index contributed by atoms with van der Waals surface area (Å²) < 4.78 is 45.5. The summed E-state index contributed by atoms with van der Waals surface area (Å²) in [6, 6.07) is 10.3. The number of sulfonamides is 1. The number of rotatable bonds is 7. The highest BCUT2D eigenvalue weighted by atomic mass is 32.2. The standard InChI is InChI=1S/C30H35FN6O3S/c1-3-12-35-21-26(20-32-35)41(39,40)36-15-10-30(11-16-36,29(38)34-13-4-5-14-34)27-18-23-19-33-37(28(23)17-22(27)2)25-8-6-24(31)7-9-25/h6-9,17-21H,3-5,10-16H2,1-2H3. The lowest BCUT2D eigenvalue weighted by molar-refractivity contribution is -0.138. The maximum Gasteiger partial charge on any atom is 0.246 e. The topological polar surface area (TPSA) is 93.3 Å². The van der Waals surface area contributed by atoms with Gasteiger partial charge < -0.3 is 4.90 Å². The van der Waals surface area contributed by atoms with E-state index < -0.39 is 15.4 Å². The minimum Gasteiger partial charge on any atom is -0.342 e. The van der Waals surface area contributed by atoms with Crippen molar-refractivity contribution in [2.45, 2.75) is 62.8 Å². The van der Waals surface area contributed by atoms with Crippen molar-refractivity contribution in [3.63, 3.8) is 0 Å². The number of likely N-dealkylation sites (tertiary alicyclic amines) is 1. The fourth-order valence-electron chi connectivity index (χ4n) is 6.39. The van der Waals surface area contributed by atoms with E-state index >= 15 is 0 Å². The van der Waals surface area contributed by atoms with E-state index in [1.807, 2.05) is 30.9 Å². The number of carbonyl (C=O) groups excluding carboxylic acids is 1. The Balaban J connectivity index is 1.36. The predicted molar refractivity (Wildman–Crippen MR) is 154 cm³/mol. The van der Waals surface area contributed by atoms with E-state index in [0.29, 0.717) is 19.4 Å². The first-order valence-electron chi connectivity index (χ1n) is 14.3. The minimum absolute atomic E-state index is 0.0798. The molecule has 11 heteroatoms. The molecule has 41 heavy (non-hydrogen) atoms. The summed E-state index contributed by atoms with van der Waals surface area (Å²) in [6.07, 6.45) is 8.37. The van der Waals surface area contributed by atoms with Crippen molar-refractivity contribution in [2.75, 3.05) is 26.2 Å². The number of hydrogen-bond donors (Lipinski definition) is 0. The van der Waals surface area contributed by atoms with Crippen LogP contribution in [0.4, 0.5) is 4.39 Å². The van der Waals surface area contributed by atoms with Gasteiger partial charge in [0.05, 0.1) is 29.0 Å². The number of benzene rings is 2. The van der Waals surface area contributed by atoms with Crippen molar-refractivity contribution in [1.29, 1.82) is 0 Å². The predicted octanol–water partition coefficient (Wildman–Crippen LogP) is 4.42. The van der Waals surface area contributed by atoms with Gasteiger partial charge in [0, 0.05) is 44.3 Å². The Kier molecular flexibility index (Phi) is 7.19. The first kappa shape index (κ1) is 27.6. The molecule has 0 spiro atoms. The van der Waals surface area contributed by atoms with Gasteiger partial charge in [-0.25, -0.2) is 17.5 Å². The summed E-state index contributed by atoms with van der Waals surface area (Å²) >= 11 is 0. The van der Waals surface area contributed by atoms with E-state index in [-0.39, 0.29) is 29.7 Å². The molecule has 0 N–H and O–H groups in total. The molecule has 2 aliphatic heterocycles. The molecule has 9 nitrogen and oxygen atoms in total. The fourth-order valence-corrected chi connectivity index (χ4v) is 7.79. The SMILES string of the molecule is CCCn1cc(S(=O)(=O)N2CCC(C(=O)N3CCCC3)(c3cc4cnn(-c5ccc(F)cc5)c4cc3C)CC2)cn1. The van der Waals surface area contributed by atoms with Gasteiger partial charge in [-0.1, -0.05) is 6.92 Å². The van der Waals surface area contributed by atoms with Gasteiger partial charge in [0.15, 0.2) is 0 Å². The Morgan fingerprint density at radius 3 is 2.39 bits per heavy atom. The van der Waals surface area contributed by atoms with E-state index in [2.05, 4.69) is 10.2 Å². The van der Waals surface area contributed by atoms with Crippen molar-refractivity contribution in [1.82, 2.24) is 28.8 Å². The molecule has 2 aromatic carbocycles. The lowest BCUT2D eigenvalue weighted by atomic mass is 9.70. The maximum atomic E-state index is 14.3. The van der Waals surface area contributed by atoms with Crippen LogP contribution in [-0.2, 0) is 26.8 Å². The van der Waals surface area contributed by atoms with Crippen molar-refractivity contribution in [3.8, 4) is 5.69 Å². The molecule has 2 saturated heterocycles. The summed E-state index contributed by atoms with van der Waals surface area (Å²) in [7, 11) is -3.73. The van der Waals surface area contributed by atoms with Gasteiger partial charge in [-0.05, 0) is 86.6 Å². The Morgan fingerprint density at radius 1 is 1.00 bits per heavy atom. The Bertz CT molecular complexity index is 1680. The van der Waals surface area contributed by atoms with Crippen molar-refractivity contribution < 1.29 is 17.6 Å². The summed E-state index contributed by atoms with van der Waals surface area (Å²) in [5, 5.41) is 9.66. The third-order valence-corrected chi connectivity index (χ3v) is 10.4. The van der Waals surface area contributed by atoms with Crippen molar-refractivity contribution in [3.05, 3.63) is 71.9 Å². The number of halogens is 1. The number of hydrogen-bond acceptors (Lipinski definition) is 5. The van der Waals surface area contributed by atoms with Crippen LogP contribution in [0.15, 0.2) is 59.9 Å². The molecule has 0 saturated carbocycles. The van der Waals surface area contributed by atoms with Gasteiger partial charge >= 0.3 is 0 Å². The van der Waals surface area contributed by atoms with Gasteiger partial charge in [0.25, 0.3) is 0 Å². The van der Waals surface area contributed by atoms with E-state index in [0.717, 1.165) is 60.1 Å². The molecule has 1 amide bonds. The quantitative estimate of drug-likeness (QED) is 0.324. The van der Waals surface area contributed by atoms with Crippen LogP contribution in [0, 0.1) is 12.7 Å². The monoisotopic (exact) mass is 578 g/mol. The van der Waals surface area contributed by atoms with Crippen LogP contribution in [0.3, 0.4) is 0 Å². The summed E-state index contributed by atoms with van der Waals surface area (Å²) in [4.78, 5) is 16.4. The molecule has 0 aliphatic carbocycles. The molecular weight excluding hydrogens is 543 g/mol. The molecule has 2 fully saturated rings. The second kappa shape index (κ2) is 10.7. The lowest BCUT2D eigenvalue weighted by Crippen LogP contribution is -2.53. The van der Waals surface area contributed by atoms with E-state index in [4.69, 9.17) is 0 Å². The van der Waals surface area contributed by atoms with E-state index in [1.54, 1.807) is 33.9 Å². The minimum atomic E-state index is -3.73. The highest BCUT2D eigenvalue weighted by Crippen LogP contribution is 2.42. The average molecular weight is 579 g/mol. The van der Waals surface area contributed by atoms with Crippen LogP contribution in [0.2, 0.25) is 0 Å². The number of carbonyl (C=O) groups is 1. The zero-order valence-electron chi connectivity index (χ0n) is 23.5. The molecule has 2 aromatic heterocycles. The number of amides is 1. The number of piperidine rings is 1. The molecule has 0 atom stereocenters. The van der Waals surface area contributed by atoms with Crippen molar-refractivity contribution >= 4 is 26.8 Å². The normalized spacial score (nSPS) is 17.9. The van der Waals surface area contributed by atoms with Crippen LogP contribution in [0.1, 0.15) is 50.2 Å². The molecule has 2 aliphatic rings. The van der Waals surface area contributed by atoms with Gasteiger partial charge in [-0.2, -0.15) is 14.5 Å². The first-order valence-corrected chi connectivity index (χ1v) is 15.7. The molecule has 0 radical (unpaired) electrons. The zero-order valence-corrected chi connectivity index (χ0v) is 24.3.